The molecule has 1 heterocycles. The maximum atomic E-state index is 14.1. The van der Waals surface area contributed by atoms with Crippen molar-refractivity contribution < 1.29 is 4.39 Å². The van der Waals surface area contributed by atoms with Gasteiger partial charge in [0, 0.05) is 17.3 Å². The van der Waals surface area contributed by atoms with Gasteiger partial charge in [-0.1, -0.05) is 18.2 Å². The molecule has 0 saturated carbocycles. The van der Waals surface area contributed by atoms with E-state index >= 15 is 0 Å². The topological polar surface area (TPSA) is 43.8 Å². The summed E-state index contributed by atoms with van der Waals surface area (Å²) >= 11 is 0. The van der Waals surface area contributed by atoms with Crippen LogP contribution in [-0.2, 0) is 12.8 Å². The van der Waals surface area contributed by atoms with Crippen molar-refractivity contribution in [1.82, 2.24) is 9.55 Å². The van der Waals surface area contributed by atoms with Crippen LogP contribution in [0.5, 0.6) is 0 Å². The van der Waals surface area contributed by atoms with Crippen molar-refractivity contribution in [3.8, 4) is 0 Å². The SMILES string of the molecule is CC(N)C(c1ccccc1F)n1cnc2c1CCCC2. The van der Waals surface area contributed by atoms with E-state index < -0.39 is 0 Å². The molecular formula is C16H20FN3. The zero-order chi connectivity index (χ0) is 14.1. The third kappa shape index (κ3) is 2.24. The van der Waals surface area contributed by atoms with Gasteiger partial charge in [-0.3, -0.25) is 0 Å². The molecule has 0 fully saturated rings. The van der Waals surface area contributed by atoms with E-state index in [9.17, 15) is 4.39 Å². The average molecular weight is 273 g/mol. The predicted molar refractivity (Wildman–Crippen MR) is 77.1 cm³/mol. The minimum atomic E-state index is -0.201. The fraction of sp³-hybridized carbons (Fsp3) is 0.438. The van der Waals surface area contributed by atoms with Crippen LogP contribution in [0, 0.1) is 5.82 Å². The molecule has 0 amide bonds. The molecule has 1 aromatic heterocycles. The number of fused-ring (bicyclic) bond motifs is 1. The van der Waals surface area contributed by atoms with E-state index in [0.717, 1.165) is 18.5 Å². The van der Waals surface area contributed by atoms with Gasteiger partial charge in [-0.25, -0.2) is 9.37 Å². The van der Waals surface area contributed by atoms with Crippen molar-refractivity contribution in [2.45, 2.75) is 44.7 Å². The van der Waals surface area contributed by atoms with Crippen LogP contribution >= 0.6 is 0 Å². The van der Waals surface area contributed by atoms with Gasteiger partial charge in [0.1, 0.15) is 5.82 Å². The lowest BCUT2D eigenvalue weighted by Crippen LogP contribution is -2.32. The highest BCUT2D eigenvalue weighted by Crippen LogP contribution is 2.29. The van der Waals surface area contributed by atoms with Gasteiger partial charge in [-0.2, -0.15) is 0 Å². The van der Waals surface area contributed by atoms with Gasteiger partial charge < -0.3 is 10.3 Å². The molecule has 2 unspecified atom stereocenters. The first-order chi connectivity index (χ1) is 9.68. The van der Waals surface area contributed by atoms with Gasteiger partial charge in [0.25, 0.3) is 0 Å². The molecule has 1 aliphatic rings. The maximum Gasteiger partial charge on any atom is 0.128 e. The number of hydrogen-bond acceptors (Lipinski definition) is 2. The van der Waals surface area contributed by atoms with Gasteiger partial charge in [0.05, 0.1) is 18.1 Å². The second-order valence-electron chi connectivity index (χ2n) is 5.58. The summed E-state index contributed by atoms with van der Waals surface area (Å²) in [7, 11) is 0. The van der Waals surface area contributed by atoms with Crippen molar-refractivity contribution in [1.29, 1.82) is 0 Å². The monoisotopic (exact) mass is 273 g/mol. The van der Waals surface area contributed by atoms with Gasteiger partial charge in [0.15, 0.2) is 0 Å². The Bertz CT molecular complexity index is 604. The van der Waals surface area contributed by atoms with E-state index in [1.807, 2.05) is 25.4 Å². The number of halogens is 1. The lowest BCUT2D eigenvalue weighted by Gasteiger charge is -2.26. The molecule has 0 saturated heterocycles. The minimum absolute atomic E-state index is 0.174. The molecule has 2 atom stereocenters. The number of nitrogens with two attached hydrogens (primary N) is 1. The minimum Gasteiger partial charge on any atom is -0.326 e. The molecule has 1 aromatic carbocycles. The molecule has 3 rings (SSSR count). The van der Waals surface area contributed by atoms with Gasteiger partial charge >= 0.3 is 0 Å². The standard InChI is InChI=1S/C16H20FN3/c1-11(18)16(12-6-2-3-7-13(12)17)20-10-19-14-8-4-5-9-15(14)20/h2-3,6-7,10-11,16H,4-5,8-9,18H2,1H3. The summed E-state index contributed by atoms with van der Waals surface area (Å²) in [5.74, 6) is -0.201. The number of nitrogens with zero attached hydrogens (tertiary/aromatic N) is 2. The molecule has 0 spiro atoms. The number of aryl methyl sites for hydroxylation is 1. The summed E-state index contributed by atoms with van der Waals surface area (Å²) in [6.45, 7) is 1.92. The molecule has 0 bridgehead atoms. The average Bonchev–Trinajstić information content (AvgIpc) is 2.85. The summed E-state index contributed by atoms with van der Waals surface area (Å²) in [6.07, 6.45) is 6.21. The van der Waals surface area contributed by atoms with Crippen LogP contribution in [0.2, 0.25) is 0 Å². The normalized spacial score (nSPS) is 17.6. The Morgan fingerprint density at radius 2 is 2.00 bits per heavy atom. The maximum absolute atomic E-state index is 14.1. The third-order valence-corrected chi connectivity index (χ3v) is 4.08. The predicted octanol–water partition coefficient (Wildman–Crippen LogP) is 2.84. The van der Waals surface area contributed by atoms with E-state index in [4.69, 9.17) is 5.73 Å². The number of rotatable bonds is 3. The summed E-state index contributed by atoms with van der Waals surface area (Å²) in [5, 5.41) is 0. The summed E-state index contributed by atoms with van der Waals surface area (Å²) in [6, 6.07) is 6.52. The van der Waals surface area contributed by atoms with Crippen molar-refractivity contribution in [2.75, 3.05) is 0 Å². The van der Waals surface area contributed by atoms with E-state index in [1.165, 1.54) is 24.6 Å². The van der Waals surface area contributed by atoms with Crippen molar-refractivity contribution in [3.05, 3.63) is 53.4 Å². The molecule has 106 valence electrons. The largest absolute Gasteiger partial charge is 0.326 e. The first kappa shape index (κ1) is 13.3. The van der Waals surface area contributed by atoms with E-state index in [1.54, 1.807) is 6.07 Å². The Morgan fingerprint density at radius 1 is 1.25 bits per heavy atom. The summed E-state index contributed by atoms with van der Waals surface area (Å²) in [5.41, 5.74) is 9.17. The number of benzene rings is 1. The highest BCUT2D eigenvalue weighted by Gasteiger charge is 2.26. The Hall–Kier alpha value is -1.68. The molecule has 3 nitrogen and oxygen atoms in total. The van der Waals surface area contributed by atoms with Gasteiger partial charge in [-0.05, 0) is 38.7 Å². The van der Waals surface area contributed by atoms with Crippen LogP contribution in [-0.4, -0.2) is 15.6 Å². The Labute approximate surface area is 118 Å². The smallest absolute Gasteiger partial charge is 0.128 e. The highest BCUT2D eigenvalue weighted by molar-refractivity contribution is 5.27. The van der Waals surface area contributed by atoms with Gasteiger partial charge in [0.2, 0.25) is 0 Å². The Kier molecular flexibility index (Phi) is 3.57. The lowest BCUT2D eigenvalue weighted by atomic mass is 9.97. The van der Waals surface area contributed by atoms with Crippen molar-refractivity contribution in [2.24, 2.45) is 5.73 Å². The van der Waals surface area contributed by atoms with Crippen LogP contribution in [0.1, 0.15) is 42.8 Å². The summed E-state index contributed by atoms with van der Waals surface area (Å²) < 4.78 is 16.2. The first-order valence-corrected chi connectivity index (χ1v) is 7.23. The zero-order valence-corrected chi connectivity index (χ0v) is 11.7. The van der Waals surface area contributed by atoms with E-state index in [2.05, 4.69) is 9.55 Å². The van der Waals surface area contributed by atoms with Gasteiger partial charge in [-0.15, -0.1) is 0 Å². The van der Waals surface area contributed by atoms with Crippen LogP contribution in [0.15, 0.2) is 30.6 Å². The molecule has 0 radical (unpaired) electrons. The molecule has 2 aromatic rings. The number of imidazole rings is 1. The lowest BCUT2D eigenvalue weighted by molar-refractivity contribution is 0.452. The fourth-order valence-corrected chi connectivity index (χ4v) is 3.13. The zero-order valence-electron chi connectivity index (χ0n) is 11.7. The van der Waals surface area contributed by atoms with Crippen LogP contribution in [0.3, 0.4) is 0 Å². The van der Waals surface area contributed by atoms with E-state index in [-0.39, 0.29) is 17.9 Å². The highest BCUT2D eigenvalue weighted by atomic mass is 19.1. The van der Waals surface area contributed by atoms with Crippen molar-refractivity contribution in [3.63, 3.8) is 0 Å². The first-order valence-electron chi connectivity index (χ1n) is 7.23. The van der Waals surface area contributed by atoms with E-state index in [0.29, 0.717) is 5.56 Å². The Morgan fingerprint density at radius 3 is 2.75 bits per heavy atom. The van der Waals surface area contributed by atoms with Crippen LogP contribution in [0.4, 0.5) is 4.39 Å². The molecule has 1 aliphatic carbocycles. The van der Waals surface area contributed by atoms with Crippen LogP contribution < -0.4 is 5.73 Å². The quantitative estimate of drug-likeness (QED) is 0.934. The van der Waals surface area contributed by atoms with Crippen LogP contribution in [0.25, 0.3) is 0 Å². The summed E-state index contributed by atoms with van der Waals surface area (Å²) in [4.78, 5) is 4.50. The number of aromatic nitrogens is 2. The molecular weight excluding hydrogens is 253 g/mol. The molecule has 0 aliphatic heterocycles. The second-order valence-corrected chi connectivity index (χ2v) is 5.58. The molecule has 2 N–H and O–H groups in total. The fourth-order valence-electron chi connectivity index (χ4n) is 3.13. The second kappa shape index (κ2) is 5.37. The van der Waals surface area contributed by atoms with Crippen molar-refractivity contribution >= 4 is 0 Å². The third-order valence-electron chi connectivity index (χ3n) is 4.08. The molecule has 20 heavy (non-hydrogen) atoms. The number of hydrogen-bond donors (Lipinski definition) is 1. The Balaban J connectivity index is 2.08. The molecule has 4 heteroatoms.